The van der Waals surface area contributed by atoms with Crippen molar-refractivity contribution >= 4 is 29.6 Å². The van der Waals surface area contributed by atoms with Crippen LogP contribution in [0.25, 0.3) is 0 Å². The molecule has 2 N–H and O–H groups in total. The van der Waals surface area contributed by atoms with Crippen molar-refractivity contribution < 1.29 is 38.2 Å². The lowest BCUT2D eigenvalue weighted by molar-refractivity contribution is -0.152. The maximum atomic E-state index is 14.3. The Morgan fingerprint density at radius 1 is 0.857 bits per heavy atom. The highest BCUT2D eigenvalue weighted by atomic mass is 16.5. The van der Waals surface area contributed by atoms with Gasteiger partial charge >= 0.3 is 5.97 Å². The summed E-state index contributed by atoms with van der Waals surface area (Å²) in [5, 5.41) is 6.09. The zero-order valence-corrected chi connectivity index (χ0v) is 36.7. The molecule has 1 saturated heterocycles. The summed E-state index contributed by atoms with van der Waals surface area (Å²) in [7, 11) is 8.56. The number of esters is 1. The first-order valence-electron chi connectivity index (χ1n) is 20.5. The fourth-order valence-corrected chi connectivity index (χ4v) is 8.17. The van der Waals surface area contributed by atoms with Crippen LogP contribution in [0.1, 0.15) is 106 Å². The number of hydrogen-bond donors (Lipinski definition) is 2. The second kappa shape index (κ2) is 23.0. The molecule has 1 aromatic rings. The van der Waals surface area contributed by atoms with Gasteiger partial charge in [0.2, 0.25) is 23.6 Å². The third-order valence-corrected chi connectivity index (χ3v) is 11.4. The molecular formula is C43H73N5O8. The monoisotopic (exact) mass is 788 g/mol. The zero-order chi connectivity index (χ0) is 42.4. The SMILES string of the molecule is CCC(=O)OC(c1ccccc1)C(C)NC(=O)C(C)C(OC)C1CCCN1C(=O)CC(OC)C(C(C)CC)N(C)C(=O)C(NC(=O)C(C(C)C)N(C)C)C(C)C. The predicted octanol–water partition coefficient (Wildman–Crippen LogP) is 4.83. The molecule has 0 saturated carbocycles. The van der Waals surface area contributed by atoms with Gasteiger partial charge in [-0.25, -0.2) is 0 Å². The van der Waals surface area contributed by atoms with E-state index in [0.717, 1.165) is 18.4 Å². The number of likely N-dealkylation sites (tertiary alicyclic amines) is 1. The molecule has 1 aliphatic heterocycles. The highest BCUT2D eigenvalue weighted by Gasteiger charge is 2.43. The molecule has 10 unspecified atom stereocenters. The van der Waals surface area contributed by atoms with Gasteiger partial charge in [-0.05, 0) is 57.2 Å². The summed E-state index contributed by atoms with van der Waals surface area (Å²) in [4.78, 5) is 73.4. The zero-order valence-electron chi connectivity index (χ0n) is 36.7. The molecule has 0 bridgehead atoms. The Morgan fingerprint density at radius 3 is 1.98 bits per heavy atom. The smallest absolute Gasteiger partial charge is 0.306 e. The molecule has 0 aliphatic carbocycles. The van der Waals surface area contributed by atoms with Crippen molar-refractivity contribution in [2.24, 2.45) is 23.7 Å². The fourth-order valence-electron chi connectivity index (χ4n) is 8.17. The van der Waals surface area contributed by atoms with Gasteiger partial charge in [0.1, 0.15) is 12.1 Å². The number of carbonyl (C=O) groups excluding carboxylic acids is 5. The van der Waals surface area contributed by atoms with Crippen LogP contribution in [-0.2, 0) is 38.2 Å². The standard InChI is InChI=1S/C43H73N5O8/c1-15-28(7)38(47(12)43(53)36(26(3)4)45-42(52)37(27(5)6)46(10)11)33(54-13)25-34(49)48-24-20-23-32(48)39(55-14)29(8)41(51)44-30(9)40(56-35(50)16-2)31-21-18-17-19-22-31/h17-19,21-22,26-30,32-33,36-40H,15-16,20,23-25H2,1-14H3,(H,44,51)(H,45,52). The van der Waals surface area contributed by atoms with Crippen LogP contribution in [0.4, 0.5) is 0 Å². The first kappa shape index (κ1) is 48.6. The lowest BCUT2D eigenvalue weighted by Gasteiger charge is -2.41. The van der Waals surface area contributed by atoms with E-state index in [2.05, 4.69) is 10.6 Å². The van der Waals surface area contributed by atoms with Gasteiger partial charge in [0.25, 0.3) is 0 Å². The molecule has 1 aromatic carbocycles. The number of amides is 4. The van der Waals surface area contributed by atoms with Crippen molar-refractivity contribution in [2.75, 3.05) is 41.9 Å². The van der Waals surface area contributed by atoms with Crippen LogP contribution in [-0.4, -0.2) is 129 Å². The van der Waals surface area contributed by atoms with E-state index in [1.807, 2.05) is 97.8 Å². The predicted molar refractivity (Wildman–Crippen MR) is 218 cm³/mol. The number of methoxy groups -OCH3 is 2. The van der Waals surface area contributed by atoms with Crippen LogP contribution < -0.4 is 10.6 Å². The summed E-state index contributed by atoms with van der Waals surface area (Å²) < 4.78 is 17.8. The van der Waals surface area contributed by atoms with Crippen LogP contribution in [0, 0.1) is 23.7 Å². The minimum absolute atomic E-state index is 0.0178. The molecule has 0 spiro atoms. The second-order valence-corrected chi connectivity index (χ2v) is 16.4. The van der Waals surface area contributed by atoms with Crippen LogP contribution >= 0.6 is 0 Å². The Morgan fingerprint density at radius 2 is 1.48 bits per heavy atom. The topological polar surface area (TPSA) is 147 Å². The molecule has 4 amide bonds. The fraction of sp³-hybridized carbons (Fsp3) is 0.744. The Hall–Kier alpha value is -3.55. The van der Waals surface area contributed by atoms with Crippen molar-refractivity contribution in [3.8, 4) is 0 Å². The van der Waals surface area contributed by atoms with E-state index >= 15 is 0 Å². The molecule has 1 heterocycles. The Balaban J connectivity index is 2.29. The van der Waals surface area contributed by atoms with E-state index in [-0.39, 0.29) is 66.2 Å². The summed E-state index contributed by atoms with van der Waals surface area (Å²) in [6, 6.07) is 6.80. The normalized spacial score (nSPS) is 19.4. The summed E-state index contributed by atoms with van der Waals surface area (Å²) >= 11 is 0. The number of nitrogens with zero attached hydrogens (tertiary/aromatic N) is 3. The average Bonchev–Trinajstić information content (AvgIpc) is 3.64. The quantitative estimate of drug-likeness (QED) is 0.158. The van der Waals surface area contributed by atoms with E-state index in [4.69, 9.17) is 14.2 Å². The highest BCUT2D eigenvalue weighted by Crippen LogP contribution is 2.30. The minimum atomic E-state index is -0.768. The van der Waals surface area contributed by atoms with Crippen LogP contribution in [0.3, 0.4) is 0 Å². The second-order valence-electron chi connectivity index (χ2n) is 16.4. The van der Waals surface area contributed by atoms with Crippen molar-refractivity contribution in [1.29, 1.82) is 0 Å². The van der Waals surface area contributed by atoms with Crippen molar-refractivity contribution in [2.45, 2.75) is 143 Å². The van der Waals surface area contributed by atoms with Gasteiger partial charge in [-0.1, -0.05) is 92.1 Å². The van der Waals surface area contributed by atoms with Gasteiger partial charge < -0.3 is 34.6 Å². The van der Waals surface area contributed by atoms with Crippen LogP contribution in [0.5, 0.6) is 0 Å². The number of carbonyl (C=O) groups is 5. The first-order chi connectivity index (χ1) is 26.4. The molecule has 56 heavy (non-hydrogen) atoms. The highest BCUT2D eigenvalue weighted by molar-refractivity contribution is 5.90. The van der Waals surface area contributed by atoms with Gasteiger partial charge in [-0.15, -0.1) is 0 Å². The summed E-state index contributed by atoms with van der Waals surface area (Å²) in [6.45, 7) is 17.7. The summed E-state index contributed by atoms with van der Waals surface area (Å²) in [5.41, 5.74) is 0.773. The lowest BCUT2D eigenvalue weighted by Crippen LogP contribution is -2.59. The number of likely N-dealkylation sites (N-methyl/N-ethyl adjacent to an activating group) is 2. The third kappa shape index (κ3) is 12.7. The molecule has 10 atom stereocenters. The minimum Gasteiger partial charge on any atom is -0.455 e. The van der Waals surface area contributed by atoms with Crippen molar-refractivity contribution in [1.82, 2.24) is 25.3 Å². The summed E-state index contributed by atoms with van der Waals surface area (Å²) in [5.74, 6) is -2.04. The van der Waals surface area contributed by atoms with Gasteiger partial charge in [-0.2, -0.15) is 0 Å². The summed E-state index contributed by atoms with van der Waals surface area (Å²) in [6.07, 6.45) is 0.439. The molecule has 0 aromatic heterocycles. The molecular weight excluding hydrogens is 714 g/mol. The van der Waals surface area contributed by atoms with Crippen LogP contribution in [0.15, 0.2) is 30.3 Å². The lowest BCUT2D eigenvalue weighted by atomic mass is 9.89. The number of benzene rings is 1. The Kier molecular flexibility index (Phi) is 20.0. The molecule has 13 heteroatoms. The molecule has 0 radical (unpaired) electrons. The number of rotatable bonds is 22. The first-order valence-corrected chi connectivity index (χ1v) is 20.5. The Labute approximate surface area is 336 Å². The van der Waals surface area contributed by atoms with E-state index in [0.29, 0.717) is 13.0 Å². The maximum Gasteiger partial charge on any atom is 0.306 e. The van der Waals surface area contributed by atoms with Crippen LogP contribution in [0.2, 0.25) is 0 Å². The maximum absolute atomic E-state index is 14.3. The van der Waals surface area contributed by atoms with Crippen molar-refractivity contribution in [3.63, 3.8) is 0 Å². The number of hydrogen-bond acceptors (Lipinski definition) is 9. The van der Waals surface area contributed by atoms with Gasteiger partial charge in [-0.3, -0.25) is 28.9 Å². The molecule has 13 nitrogen and oxygen atoms in total. The third-order valence-electron chi connectivity index (χ3n) is 11.4. The van der Waals surface area contributed by atoms with Gasteiger partial charge in [0.15, 0.2) is 0 Å². The largest absolute Gasteiger partial charge is 0.455 e. The van der Waals surface area contributed by atoms with E-state index in [9.17, 15) is 24.0 Å². The molecule has 2 rings (SSSR count). The molecule has 1 fully saturated rings. The van der Waals surface area contributed by atoms with E-state index in [1.54, 1.807) is 44.9 Å². The van der Waals surface area contributed by atoms with Crippen molar-refractivity contribution in [3.05, 3.63) is 35.9 Å². The molecule has 318 valence electrons. The Bertz CT molecular complexity index is 1400. The van der Waals surface area contributed by atoms with E-state index in [1.165, 1.54) is 0 Å². The molecule has 1 aliphatic rings. The van der Waals surface area contributed by atoms with Gasteiger partial charge in [0.05, 0.1) is 48.7 Å². The van der Waals surface area contributed by atoms with Gasteiger partial charge in [0, 0.05) is 34.2 Å². The number of ether oxygens (including phenoxy) is 3. The van der Waals surface area contributed by atoms with E-state index < -0.39 is 48.4 Å². The number of nitrogens with one attached hydrogen (secondary N) is 2. The average molecular weight is 788 g/mol.